The van der Waals surface area contributed by atoms with Crippen molar-refractivity contribution in [3.8, 4) is 0 Å². The number of hydrogen-bond acceptors (Lipinski definition) is 5. The number of nitrogens with two attached hydrogens (primary N) is 1. The van der Waals surface area contributed by atoms with Crippen molar-refractivity contribution in [2.45, 2.75) is 51.6 Å². The van der Waals surface area contributed by atoms with Gasteiger partial charge in [0.2, 0.25) is 0 Å². The van der Waals surface area contributed by atoms with Gasteiger partial charge in [-0.2, -0.15) is 0 Å². The van der Waals surface area contributed by atoms with E-state index in [-0.39, 0.29) is 18.5 Å². The lowest BCUT2D eigenvalue weighted by atomic mass is 9.88. The largest absolute Gasteiger partial charge is 0.481 e. The van der Waals surface area contributed by atoms with E-state index in [0.717, 1.165) is 36.9 Å². The molecule has 0 spiro atoms. The Balaban J connectivity index is 1.98. The number of hydrazine groups is 1. The molecule has 0 radical (unpaired) electrons. The number of carbonyl (C=O) groups is 2. The van der Waals surface area contributed by atoms with Gasteiger partial charge in [-0.15, -0.1) is 0 Å². The Morgan fingerprint density at radius 3 is 2.62 bits per heavy atom. The summed E-state index contributed by atoms with van der Waals surface area (Å²) >= 11 is 0. The number of benzene rings is 1. The first-order valence-electron chi connectivity index (χ1n) is 9.32. The maximum atomic E-state index is 12.5. The molecule has 3 unspecified atom stereocenters. The molecule has 1 saturated carbocycles. The summed E-state index contributed by atoms with van der Waals surface area (Å²) in [6.07, 6.45) is 3.85. The fraction of sp³-hybridized carbons (Fsp3) is 0.600. The van der Waals surface area contributed by atoms with Gasteiger partial charge in [0.25, 0.3) is 0 Å². The van der Waals surface area contributed by atoms with E-state index < -0.39 is 17.8 Å². The number of carboxylic acids is 1. The number of esters is 1. The average molecular weight is 362 g/mol. The van der Waals surface area contributed by atoms with E-state index in [9.17, 15) is 14.7 Å². The zero-order valence-electron chi connectivity index (χ0n) is 15.7. The molecule has 0 heterocycles. The summed E-state index contributed by atoms with van der Waals surface area (Å²) < 4.78 is 5.48. The Bertz CT molecular complexity index is 618. The highest BCUT2D eigenvalue weighted by atomic mass is 16.5. The molecule has 0 aromatic heterocycles. The first kappa shape index (κ1) is 20.4. The van der Waals surface area contributed by atoms with E-state index >= 15 is 0 Å². The van der Waals surface area contributed by atoms with Crippen LogP contribution in [-0.2, 0) is 20.9 Å². The van der Waals surface area contributed by atoms with E-state index in [1.165, 1.54) is 0 Å². The fourth-order valence-electron chi connectivity index (χ4n) is 3.67. The number of ether oxygens (including phenoxy) is 1. The van der Waals surface area contributed by atoms with Crippen LogP contribution in [0.15, 0.2) is 24.3 Å². The van der Waals surface area contributed by atoms with E-state index in [1.54, 1.807) is 5.01 Å². The molecule has 1 aromatic carbocycles. The van der Waals surface area contributed by atoms with Crippen LogP contribution in [0.5, 0.6) is 0 Å². The van der Waals surface area contributed by atoms with Gasteiger partial charge in [-0.05, 0) is 29.9 Å². The zero-order chi connectivity index (χ0) is 19.1. The highest BCUT2D eigenvalue weighted by Crippen LogP contribution is 2.30. The molecule has 1 aliphatic carbocycles. The van der Waals surface area contributed by atoms with Crippen LogP contribution >= 0.6 is 0 Å². The summed E-state index contributed by atoms with van der Waals surface area (Å²) in [5.41, 5.74) is 2.04. The minimum Gasteiger partial charge on any atom is -0.481 e. The topological polar surface area (TPSA) is 92.9 Å². The van der Waals surface area contributed by atoms with Crippen molar-refractivity contribution in [3.05, 3.63) is 35.4 Å². The van der Waals surface area contributed by atoms with Crippen molar-refractivity contribution in [2.24, 2.45) is 17.7 Å². The summed E-state index contributed by atoms with van der Waals surface area (Å²) in [7, 11) is 1.83. The minimum atomic E-state index is -0.893. The summed E-state index contributed by atoms with van der Waals surface area (Å²) in [4.78, 5) is 24.0. The van der Waals surface area contributed by atoms with Gasteiger partial charge in [-0.25, -0.2) is 5.01 Å². The van der Waals surface area contributed by atoms with Crippen LogP contribution in [0.25, 0.3) is 0 Å². The van der Waals surface area contributed by atoms with Gasteiger partial charge in [-0.3, -0.25) is 15.4 Å². The SMILES string of the molecule is CC(CN(C)N)c1cccc(COC(=O)C2CCCCCC2C(=O)O)c1. The molecule has 3 atom stereocenters. The molecule has 2 rings (SSSR count). The van der Waals surface area contributed by atoms with Crippen LogP contribution in [0.4, 0.5) is 0 Å². The molecule has 3 N–H and O–H groups in total. The lowest BCUT2D eigenvalue weighted by molar-refractivity contribution is -0.159. The molecule has 26 heavy (non-hydrogen) atoms. The van der Waals surface area contributed by atoms with Crippen LogP contribution in [-0.4, -0.2) is 35.6 Å². The first-order chi connectivity index (χ1) is 12.4. The second-order valence-electron chi connectivity index (χ2n) is 7.38. The van der Waals surface area contributed by atoms with Gasteiger partial charge < -0.3 is 9.84 Å². The summed E-state index contributed by atoms with van der Waals surface area (Å²) in [5, 5.41) is 11.1. The lowest BCUT2D eigenvalue weighted by Crippen LogP contribution is -2.30. The predicted molar refractivity (Wildman–Crippen MR) is 99.2 cm³/mol. The second-order valence-corrected chi connectivity index (χ2v) is 7.38. The van der Waals surface area contributed by atoms with Crippen molar-refractivity contribution in [1.82, 2.24) is 5.01 Å². The Morgan fingerprint density at radius 2 is 1.96 bits per heavy atom. The van der Waals surface area contributed by atoms with Crippen molar-refractivity contribution in [3.63, 3.8) is 0 Å². The molecule has 1 fully saturated rings. The number of nitrogens with zero attached hydrogens (tertiary/aromatic N) is 1. The molecule has 0 amide bonds. The van der Waals surface area contributed by atoms with Gasteiger partial charge in [-0.1, -0.05) is 50.5 Å². The molecule has 6 nitrogen and oxygen atoms in total. The normalized spacial score (nSPS) is 21.8. The Hall–Kier alpha value is -1.92. The van der Waals surface area contributed by atoms with E-state index in [4.69, 9.17) is 10.6 Å². The van der Waals surface area contributed by atoms with Crippen molar-refractivity contribution >= 4 is 11.9 Å². The molecule has 1 aromatic rings. The predicted octanol–water partition coefficient (Wildman–Crippen LogP) is 2.92. The third-order valence-corrected chi connectivity index (χ3v) is 5.10. The Morgan fingerprint density at radius 1 is 1.27 bits per heavy atom. The first-order valence-corrected chi connectivity index (χ1v) is 9.32. The lowest BCUT2D eigenvalue weighted by Gasteiger charge is -2.20. The smallest absolute Gasteiger partial charge is 0.310 e. The van der Waals surface area contributed by atoms with Crippen LogP contribution in [0.1, 0.15) is 56.1 Å². The van der Waals surface area contributed by atoms with E-state index in [0.29, 0.717) is 12.8 Å². The Kier molecular flexibility index (Phi) is 7.60. The molecular formula is C20H30N2O4. The standard InChI is InChI=1S/C20H30N2O4/c1-14(12-22(2)21)16-8-6-7-15(11-16)13-26-20(25)18-10-5-3-4-9-17(18)19(23)24/h6-8,11,14,17-18H,3-5,9-10,12-13,21H2,1-2H3,(H,23,24). The summed E-state index contributed by atoms with van der Waals surface area (Å²) in [5.74, 6) is 3.53. The van der Waals surface area contributed by atoms with Gasteiger partial charge in [0, 0.05) is 13.6 Å². The summed E-state index contributed by atoms with van der Waals surface area (Å²) in [6.45, 7) is 2.99. The van der Waals surface area contributed by atoms with Crippen LogP contribution in [0, 0.1) is 11.8 Å². The van der Waals surface area contributed by atoms with Crippen LogP contribution < -0.4 is 5.84 Å². The molecule has 1 aliphatic rings. The zero-order valence-corrected chi connectivity index (χ0v) is 15.7. The average Bonchev–Trinajstić information content (AvgIpc) is 2.85. The molecule has 144 valence electrons. The van der Waals surface area contributed by atoms with Crippen molar-refractivity contribution < 1.29 is 19.4 Å². The van der Waals surface area contributed by atoms with Gasteiger partial charge in [0.15, 0.2) is 0 Å². The number of likely N-dealkylation sites (N-methyl/N-ethyl adjacent to an activating group) is 1. The number of rotatable bonds is 7. The molecule has 0 saturated heterocycles. The maximum Gasteiger partial charge on any atom is 0.310 e. The monoisotopic (exact) mass is 362 g/mol. The van der Waals surface area contributed by atoms with Crippen molar-refractivity contribution in [1.29, 1.82) is 0 Å². The minimum absolute atomic E-state index is 0.167. The number of carbonyl (C=O) groups excluding carboxylic acids is 1. The highest BCUT2D eigenvalue weighted by molar-refractivity contribution is 5.81. The van der Waals surface area contributed by atoms with Gasteiger partial charge >= 0.3 is 11.9 Å². The quantitative estimate of drug-likeness (QED) is 0.335. The number of carboxylic acid groups (broad SMARTS) is 1. The van der Waals surface area contributed by atoms with Crippen LogP contribution in [0.2, 0.25) is 0 Å². The van der Waals surface area contributed by atoms with E-state index in [2.05, 4.69) is 6.92 Å². The third kappa shape index (κ3) is 5.81. The molecule has 6 heteroatoms. The molecular weight excluding hydrogens is 332 g/mol. The molecule has 0 bridgehead atoms. The summed E-state index contributed by atoms with van der Waals surface area (Å²) in [6, 6.07) is 7.91. The number of aliphatic carboxylic acids is 1. The van der Waals surface area contributed by atoms with Crippen LogP contribution in [0.3, 0.4) is 0 Å². The van der Waals surface area contributed by atoms with Gasteiger partial charge in [0.1, 0.15) is 6.61 Å². The Labute approximate surface area is 155 Å². The number of hydrogen-bond donors (Lipinski definition) is 2. The second kappa shape index (κ2) is 9.69. The maximum absolute atomic E-state index is 12.5. The highest BCUT2D eigenvalue weighted by Gasteiger charge is 2.35. The van der Waals surface area contributed by atoms with E-state index in [1.807, 2.05) is 31.3 Å². The van der Waals surface area contributed by atoms with Gasteiger partial charge in [0.05, 0.1) is 11.8 Å². The van der Waals surface area contributed by atoms with Crippen molar-refractivity contribution in [2.75, 3.05) is 13.6 Å². The molecule has 0 aliphatic heterocycles. The third-order valence-electron chi connectivity index (χ3n) is 5.10. The fourth-order valence-corrected chi connectivity index (χ4v) is 3.67.